The fraction of sp³-hybridized carbons (Fsp3) is 0.143. The Hall–Kier alpha value is -2.43. The fourth-order valence-electron chi connectivity index (χ4n) is 1.86. The first-order valence-electron chi connectivity index (χ1n) is 5.73. The number of hydrogen-bond acceptors (Lipinski definition) is 2. The predicted octanol–water partition coefficient (Wildman–Crippen LogP) is 1.76. The van der Waals surface area contributed by atoms with E-state index in [-0.39, 0.29) is 5.82 Å². The number of hydrogen-bond donors (Lipinski definition) is 1. The molecule has 0 spiro atoms. The summed E-state index contributed by atoms with van der Waals surface area (Å²) in [4.78, 5) is 25.4. The highest BCUT2D eigenvalue weighted by molar-refractivity contribution is 5.24. The van der Waals surface area contributed by atoms with Gasteiger partial charge in [0.05, 0.1) is 6.04 Å². The van der Waals surface area contributed by atoms with Gasteiger partial charge in [0.2, 0.25) is 0 Å². The zero-order valence-electron chi connectivity index (χ0n) is 10.4. The van der Waals surface area contributed by atoms with Gasteiger partial charge < -0.3 is 0 Å². The Labute approximate surface area is 108 Å². The lowest BCUT2D eigenvalue weighted by atomic mass is 10.1. The molecule has 0 saturated heterocycles. The van der Waals surface area contributed by atoms with Gasteiger partial charge in [0.25, 0.3) is 5.56 Å². The van der Waals surface area contributed by atoms with E-state index in [0.29, 0.717) is 11.1 Å². The van der Waals surface area contributed by atoms with Gasteiger partial charge in [-0.1, -0.05) is 18.2 Å². The Bertz CT molecular complexity index is 713. The molecule has 0 fully saturated rings. The molecule has 0 aliphatic rings. The molecule has 19 heavy (non-hydrogen) atoms. The minimum absolute atomic E-state index is 0.350. The highest BCUT2D eigenvalue weighted by Crippen LogP contribution is 2.17. The van der Waals surface area contributed by atoms with Gasteiger partial charge in [0.1, 0.15) is 5.82 Å². The number of halogens is 1. The minimum atomic E-state index is -0.523. The summed E-state index contributed by atoms with van der Waals surface area (Å²) >= 11 is 0. The summed E-state index contributed by atoms with van der Waals surface area (Å²) in [5.74, 6) is -0.350. The number of nitrogens with one attached hydrogen (secondary N) is 1. The molecular formula is C14H13FN2O2. The molecular weight excluding hydrogens is 247 g/mol. The van der Waals surface area contributed by atoms with Crippen LogP contribution in [0.25, 0.3) is 0 Å². The van der Waals surface area contributed by atoms with Crippen molar-refractivity contribution < 1.29 is 4.39 Å². The maximum atomic E-state index is 12.9. The van der Waals surface area contributed by atoms with Crippen molar-refractivity contribution in [2.75, 3.05) is 0 Å². The van der Waals surface area contributed by atoms with E-state index in [9.17, 15) is 14.0 Å². The normalized spacial score (nSPS) is 12.1. The number of aryl methyl sites for hydroxylation is 1. The van der Waals surface area contributed by atoms with Gasteiger partial charge in [-0.3, -0.25) is 14.3 Å². The molecule has 98 valence electrons. The van der Waals surface area contributed by atoms with Gasteiger partial charge in [0, 0.05) is 11.8 Å². The molecule has 0 saturated carbocycles. The second-order valence-corrected chi connectivity index (χ2v) is 4.21. The third-order valence-corrected chi connectivity index (χ3v) is 2.88. The molecule has 1 N–H and O–H groups in total. The van der Waals surface area contributed by atoms with Gasteiger partial charge in [-0.2, -0.15) is 0 Å². The van der Waals surface area contributed by atoms with Crippen LogP contribution in [-0.4, -0.2) is 9.55 Å². The Morgan fingerprint density at radius 3 is 2.53 bits per heavy atom. The second kappa shape index (κ2) is 5.06. The Balaban J connectivity index is 2.57. The van der Waals surface area contributed by atoms with Crippen LogP contribution in [0.5, 0.6) is 0 Å². The lowest BCUT2D eigenvalue weighted by Gasteiger charge is -2.16. The Morgan fingerprint density at radius 2 is 1.95 bits per heavy atom. The van der Waals surface area contributed by atoms with E-state index < -0.39 is 17.3 Å². The van der Waals surface area contributed by atoms with E-state index in [1.165, 1.54) is 22.9 Å². The van der Waals surface area contributed by atoms with Crippen molar-refractivity contribution in [1.29, 1.82) is 0 Å². The van der Waals surface area contributed by atoms with Crippen LogP contribution in [0.3, 0.4) is 0 Å². The van der Waals surface area contributed by atoms with Crippen LogP contribution in [0, 0.1) is 12.7 Å². The van der Waals surface area contributed by atoms with E-state index in [1.807, 2.05) is 0 Å². The lowest BCUT2D eigenvalue weighted by molar-refractivity contribution is 0.617. The van der Waals surface area contributed by atoms with Gasteiger partial charge in [-0.05, 0) is 24.6 Å². The third-order valence-electron chi connectivity index (χ3n) is 2.88. The standard InChI is InChI=1S/C14H13FN2O2/c1-3-12(10-4-6-11(15)7-5-10)17-8-9(2)13(18)16-14(17)19/h3-8,12H,1H2,2H3,(H,16,18,19). The van der Waals surface area contributed by atoms with E-state index in [0.717, 1.165) is 0 Å². The average molecular weight is 260 g/mol. The number of aromatic nitrogens is 2. The zero-order valence-corrected chi connectivity index (χ0v) is 10.4. The first-order chi connectivity index (χ1) is 9.02. The monoisotopic (exact) mass is 260 g/mol. The molecule has 2 aromatic rings. The van der Waals surface area contributed by atoms with Crippen LogP contribution in [0.4, 0.5) is 4.39 Å². The molecule has 0 aliphatic carbocycles. The molecule has 1 heterocycles. The molecule has 1 aromatic heterocycles. The Morgan fingerprint density at radius 1 is 1.32 bits per heavy atom. The van der Waals surface area contributed by atoms with Crippen molar-refractivity contribution in [1.82, 2.24) is 9.55 Å². The molecule has 0 aliphatic heterocycles. The van der Waals surface area contributed by atoms with Crippen molar-refractivity contribution in [2.24, 2.45) is 0 Å². The summed E-state index contributed by atoms with van der Waals surface area (Å²) in [5, 5.41) is 0. The molecule has 1 atom stereocenters. The first-order valence-corrected chi connectivity index (χ1v) is 5.73. The number of nitrogens with zero attached hydrogens (tertiary/aromatic N) is 1. The average Bonchev–Trinajstić information content (AvgIpc) is 2.38. The summed E-state index contributed by atoms with van der Waals surface area (Å²) in [6.07, 6.45) is 3.03. The van der Waals surface area contributed by atoms with Crippen LogP contribution >= 0.6 is 0 Å². The first kappa shape index (κ1) is 13.0. The molecule has 0 radical (unpaired) electrons. The highest BCUT2D eigenvalue weighted by atomic mass is 19.1. The van der Waals surface area contributed by atoms with E-state index >= 15 is 0 Å². The van der Waals surface area contributed by atoms with E-state index in [4.69, 9.17) is 0 Å². The highest BCUT2D eigenvalue weighted by Gasteiger charge is 2.12. The van der Waals surface area contributed by atoms with Crippen LogP contribution in [0.15, 0.2) is 52.7 Å². The quantitative estimate of drug-likeness (QED) is 0.855. The molecule has 1 aromatic carbocycles. The van der Waals surface area contributed by atoms with Gasteiger partial charge in [-0.15, -0.1) is 6.58 Å². The summed E-state index contributed by atoms with van der Waals surface area (Å²) in [6.45, 7) is 5.29. The lowest BCUT2D eigenvalue weighted by Crippen LogP contribution is -2.33. The van der Waals surface area contributed by atoms with Crippen LogP contribution in [0.2, 0.25) is 0 Å². The second-order valence-electron chi connectivity index (χ2n) is 4.21. The van der Waals surface area contributed by atoms with Crippen LogP contribution in [0.1, 0.15) is 17.2 Å². The number of aromatic amines is 1. The van der Waals surface area contributed by atoms with E-state index in [1.54, 1.807) is 25.1 Å². The third kappa shape index (κ3) is 2.54. The zero-order chi connectivity index (χ0) is 14.0. The maximum absolute atomic E-state index is 12.9. The van der Waals surface area contributed by atoms with Gasteiger partial charge in [-0.25, -0.2) is 9.18 Å². The molecule has 1 unspecified atom stereocenters. The number of H-pyrrole nitrogens is 1. The summed E-state index contributed by atoms with van der Waals surface area (Å²) < 4.78 is 14.3. The largest absolute Gasteiger partial charge is 0.329 e. The molecule has 5 heteroatoms. The van der Waals surface area contributed by atoms with Crippen LogP contribution < -0.4 is 11.2 Å². The van der Waals surface area contributed by atoms with Crippen molar-refractivity contribution in [3.8, 4) is 0 Å². The molecule has 4 nitrogen and oxygen atoms in total. The molecule has 2 rings (SSSR count). The summed E-state index contributed by atoms with van der Waals surface area (Å²) in [6, 6.07) is 5.33. The maximum Gasteiger partial charge on any atom is 0.329 e. The van der Waals surface area contributed by atoms with Crippen molar-refractivity contribution >= 4 is 0 Å². The van der Waals surface area contributed by atoms with Gasteiger partial charge in [0.15, 0.2) is 0 Å². The smallest absolute Gasteiger partial charge is 0.289 e. The van der Waals surface area contributed by atoms with Crippen molar-refractivity contribution in [3.63, 3.8) is 0 Å². The van der Waals surface area contributed by atoms with Crippen molar-refractivity contribution in [3.05, 3.63) is 80.9 Å². The Kier molecular flexibility index (Phi) is 3.46. The number of benzene rings is 1. The molecule has 0 amide bonds. The van der Waals surface area contributed by atoms with E-state index in [2.05, 4.69) is 11.6 Å². The number of allylic oxidation sites excluding steroid dienone is 1. The predicted molar refractivity (Wildman–Crippen MR) is 70.8 cm³/mol. The minimum Gasteiger partial charge on any atom is -0.289 e. The van der Waals surface area contributed by atoms with Crippen molar-refractivity contribution in [2.45, 2.75) is 13.0 Å². The summed E-state index contributed by atoms with van der Waals surface area (Å²) in [5.41, 5.74) is 0.200. The topological polar surface area (TPSA) is 54.9 Å². The molecule has 0 bridgehead atoms. The van der Waals surface area contributed by atoms with Gasteiger partial charge >= 0.3 is 5.69 Å². The van der Waals surface area contributed by atoms with Crippen LogP contribution in [-0.2, 0) is 0 Å². The fourth-order valence-corrected chi connectivity index (χ4v) is 1.86. The number of rotatable bonds is 3. The SMILES string of the molecule is C=CC(c1ccc(F)cc1)n1cc(C)c(=O)[nH]c1=O. The summed E-state index contributed by atoms with van der Waals surface area (Å²) in [7, 11) is 0.